The second kappa shape index (κ2) is 7.29. The minimum atomic E-state index is -3.57. The number of aryl methyl sites for hydroxylation is 1. The molecule has 1 fully saturated rings. The van der Waals surface area contributed by atoms with Crippen LogP contribution in [0.2, 0.25) is 5.02 Å². The first-order valence-electron chi connectivity index (χ1n) is 6.84. The third-order valence-electron chi connectivity index (χ3n) is 3.87. The average molecular weight is 353 g/mol. The summed E-state index contributed by atoms with van der Waals surface area (Å²) in [6, 6.07) is 4.89. The summed E-state index contributed by atoms with van der Waals surface area (Å²) < 4.78 is 27.1. The Balaban J connectivity index is 0.00000220. The van der Waals surface area contributed by atoms with Crippen molar-refractivity contribution >= 4 is 34.0 Å². The van der Waals surface area contributed by atoms with Crippen LogP contribution in [0.1, 0.15) is 25.3 Å². The highest BCUT2D eigenvalue weighted by Crippen LogP contribution is 2.31. The minimum Gasteiger partial charge on any atom is -0.329 e. The molecule has 0 bridgehead atoms. The van der Waals surface area contributed by atoms with E-state index in [0.29, 0.717) is 19.0 Å². The Morgan fingerprint density at radius 1 is 1.43 bits per heavy atom. The number of sulfonamides is 1. The molecular weight excluding hydrogens is 331 g/mol. The van der Waals surface area contributed by atoms with Crippen molar-refractivity contribution in [3.05, 3.63) is 28.8 Å². The number of rotatable bonds is 3. The summed E-state index contributed by atoms with van der Waals surface area (Å²) >= 11 is 6.12. The predicted octanol–water partition coefficient (Wildman–Crippen LogP) is 2.82. The third kappa shape index (κ3) is 3.90. The highest BCUT2D eigenvalue weighted by Gasteiger charge is 2.35. The van der Waals surface area contributed by atoms with Crippen molar-refractivity contribution in [3.8, 4) is 0 Å². The van der Waals surface area contributed by atoms with Gasteiger partial charge >= 0.3 is 0 Å². The average Bonchev–Trinajstić information content (AvgIpc) is 2.37. The summed E-state index contributed by atoms with van der Waals surface area (Å²) in [7, 11) is -3.57. The minimum absolute atomic E-state index is 0. The summed E-state index contributed by atoms with van der Waals surface area (Å²) in [5.74, 6) is 0.503. The lowest BCUT2D eigenvalue weighted by Gasteiger charge is -2.37. The van der Waals surface area contributed by atoms with E-state index < -0.39 is 10.0 Å². The van der Waals surface area contributed by atoms with E-state index in [1.165, 1.54) is 4.31 Å². The quantitative estimate of drug-likeness (QED) is 0.909. The Hall–Kier alpha value is -0.330. The molecule has 0 saturated carbocycles. The number of nitrogens with zero attached hydrogens (tertiary/aromatic N) is 1. The summed E-state index contributed by atoms with van der Waals surface area (Å²) in [6.45, 7) is 4.86. The van der Waals surface area contributed by atoms with Gasteiger partial charge in [0.15, 0.2) is 0 Å². The molecule has 1 saturated heterocycles. The zero-order valence-corrected chi connectivity index (χ0v) is 14.6. The van der Waals surface area contributed by atoms with Crippen LogP contribution in [0.3, 0.4) is 0 Å². The molecule has 4 nitrogen and oxygen atoms in total. The van der Waals surface area contributed by atoms with Gasteiger partial charge < -0.3 is 5.73 Å². The molecule has 0 spiro atoms. The zero-order chi connectivity index (χ0) is 14.9. The van der Waals surface area contributed by atoms with Crippen LogP contribution in [0.5, 0.6) is 0 Å². The van der Waals surface area contributed by atoms with E-state index in [1.54, 1.807) is 18.2 Å². The number of nitrogens with two attached hydrogens (primary N) is 1. The number of hydrogen-bond donors (Lipinski definition) is 1. The molecule has 0 radical (unpaired) electrons. The largest absolute Gasteiger partial charge is 0.329 e. The first-order chi connectivity index (χ1) is 9.36. The number of piperidine rings is 1. The van der Waals surface area contributed by atoms with Crippen LogP contribution in [-0.4, -0.2) is 31.9 Å². The topological polar surface area (TPSA) is 63.4 Å². The first-order valence-corrected chi connectivity index (χ1v) is 8.66. The van der Waals surface area contributed by atoms with Crippen molar-refractivity contribution in [1.29, 1.82) is 0 Å². The van der Waals surface area contributed by atoms with E-state index in [1.807, 2.05) is 6.92 Å². The van der Waals surface area contributed by atoms with Crippen molar-refractivity contribution in [2.75, 3.05) is 13.1 Å². The van der Waals surface area contributed by atoms with Gasteiger partial charge in [-0.3, -0.25) is 0 Å². The Morgan fingerprint density at radius 2 is 2.10 bits per heavy atom. The van der Waals surface area contributed by atoms with Gasteiger partial charge in [-0.05, 0) is 43.4 Å². The molecule has 2 atom stereocenters. The Kier molecular flexibility index (Phi) is 6.50. The van der Waals surface area contributed by atoms with Gasteiger partial charge in [0.1, 0.15) is 4.90 Å². The van der Waals surface area contributed by atoms with Crippen LogP contribution >= 0.6 is 24.0 Å². The highest BCUT2D eigenvalue weighted by atomic mass is 35.5. The lowest BCUT2D eigenvalue weighted by Crippen LogP contribution is -2.49. The molecule has 1 heterocycles. The van der Waals surface area contributed by atoms with Gasteiger partial charge in [-0.1, -0.05) is 24.6 Å². The molecule has 0 aliphatic carbocycles. The first kappa shape index (κ1) is 18.7. The molecule has 7 heteroatoms. The maximum absolute atomic E-state index is 12.8. The lowest BCUT2D eigenvalue weighted by atomic mass is 9.94. The maximum atomic E-state index is 12.8. The van der Waals surface area contributed by atoms with Gasteiger partial charge in [0.2, 0.25) is 10.0 Å². The molecule has 0 amide bonds. The van der Waals surface area contributed by atoms with Gasteiger partial charge in [0, 0.05) is 19.1 Å². The second-order valence-electron chi connectivity index (χ2n) is 5.57. The monoisotopic (exact) mass is 352 g/mol. The lowest BCUT2D eigenvalue weighted by molar-refractivity contribution is 0.211. The Bertz CT molecular complexity index is 593. The van der Waals surface area contributed by atoms with E-state index in [-0.39, 0.29) is 28.4 Å². The van der Waals surface area contributed by atoms with E-state index >= 15 is 0 Å². The number of benzene rings is 1. The summed E-state index contributed by atoms with van der Waals surface area (Å²) in [4.78, 5) is 0.178. The normalized spacial score (nSPS) is 23.6. The van der Waals surface area contributed by atoms with Crippen molar-refractivity contribution in [2.45, 2.75) is 37.6 Å². The third-order valence-corrected chi connectivity index (χ3v) is 6.30. The summed E-state index contributed by atoms with van der Waals surface area (Å²) in [6.07, 6.45) is 1.67. The molecule has 2 rings (SSSR count). The molecule has 21 heavy (non-hydrogen) atoms. The maximum Gasteiger partial charge on any atom is 0.244 e. The molecule has 1 aliphatic rings. The van der Waals surface area contributed by atoms with Crippen LogP contribution in [0.25, 0.3) is 0 Å². The SMILES string of the molecule is Cc1ccc(S(=O)(=O)N2CCC(C)CC2CN)c(Cl)c1.Cl. The van der Waals surface area contributed by atoms with Crippen LogP contribution in [0.4, 0.5) is 0 Å². The number of halogens is 2. The molecule has 2 N–H and O–H groups in total. The zero-order valence-electron chi connectivity index (χ0n) is 12.3. The van der Waals surface area contributed by atoms with Crippen molar-refractivity contribution in [1.82, 2.24) is 4.31 Å². The van der Waals surface area contributed by atoms with Crippen LogP contribution in [0, 0.1) is 12.8 Å². The Morgan fingerprint density at radius 3 is 2.67 bits per heavy atom. The summed E-state index contributed by atoms with van der Waals surface area (Å²) in [5.41, 5.74) is 6.69. The van der Waals surface area contributed by atoms with Crippen LogP contribution in [0.15, 0.2) is 23.1 Å². The fraction of sp³-hybridized carbons (Fsp3) is 0.571. The number of hydrogen-bond acceptors (Lipinski definition) is 3. The van der Waals surface area contributed by atoms with E-state index in [4.69, 9.17) is 17.3 Å². The van der Waals surface area contributed by atoms with E-state index in [2.05, 4.69) is 6.92 Å². The van der Waals surface area contributed by atoms with E-state index in [9.17, 15) is 8.42 Å². The van der Waals surface area contributed by atoms with Gasteiger partial charge in [0.25, 0.3) is 0 Å². The second-order valence-corrected chi connectivity index (χ2v) is 7.83. The van der Waals surface area contributed by atoms with Crippen molar-refractivity contribution < 1.29 is 8.42 Å². The standard InChI is InChI=1S/C14H21ClN2O2S.ClH/c1-10-3-4-14(13(15)8-10)20(18,19)17-6-5-11(2)7-12(17)9-16;/h3-4,8,11-12H,5-7,9,16H2,1-2H3;1H. The molecule has 0 aromatic heterocycles. The fourth-order valence-corrected chi connectivity index (χ4v) is 4.94. The van der Waals surface area contributed by atoms with Crippen LogP contribution < -0.4 is 5.73 Å². The van der Waals surface area contributed by atoms with Gasteiger partial charge in [-0.2, -0.15) is 4.31 Å². The van der Waals surface area contributed by atoms with Crippen molar-refractivity contribution in [2.24, 2.45) is 11.7 Å². The fourth-order valence-electron chi connectivity index (χ4n) is 2.70. The molecule has 2 unspecified atom stereocenters. The molecular formula is C14H22Cl2N2O2S. The van der Waals surface area contributed by atoms with Gasteiger partial charge in [-0.15, -0.1) is 12.4 Å². The Labute approximate surface area is 138 Å². The molecule has 120 valence electrons. The van der Waals surface area contributed by atoms with Gasteiger partial charge in [-0.25, -0.2) is 8.42 Å². The van der Waals surface area contributed by atoms with E-state index in [0.717, 1.165) is 18.4 Å². The predicted molar refractivity (Wildman–Crippen MR) is 88.6 cm³/mol. The molecule has 1 aromatic carbocycles. The van der Waals surface area contributed by atoms with Crippen molar-refractivity contribution in [3.63, 3.8) is 0 Å². The van der Waals surface area contributed by atoms with Crippen LogP contribution in [-0.2, 0) is 10.0 Å². The molecule has 1 aliphatic heterocycles. The summed E-state index contributed by atoms with van der Waals surface area (Å²) in [5, 5.41) is 0.277. The highest BCUT2D eigenvalue weighted by molar-refractivity contribution is 7.89. The molecule has 1 aromatic rings. The van der Waals surface area contributed by atoms with Gasteiger partial charge in [0.05, 0.1) is 5.02 Å². The smallest absolute Gasteiger partial charge is 0.244 e.